The highest BCUT2D eigenvalue weighted by Crippen LogP contribution is 2.18. The minimum absolute atomic E-state index is 0.241. The molecular formula is C11H7N5. The predicted molar refractivity (Wildman–Crippen MR) is 57.4 cm³/mol. The molecule has 0 unspecified atom stereocenters. The summed E-state index contributed by atoms with van der Waals surface area (Å²) >= 11 is 0. The fraction of sp³-hybridized carbons (Fsp3) is 0. The van der Waals surface area contributed by atoms with Crippen LogP contribution in [-0.4, -0.2) is 9.78 Å². The first-order valence-electron chi connectivity index (χ1n) is 4.51. The number of aromatic nitrogens is 2. The molecule has 0 atom stereocenters. The van der Waals surface area contributed by atoms with Crippen LogP contribution in [0.5, 0.6) is 0 Å². The normalized spacial score (nSPS) is 9.38. The van der Waals surface area contributed by atoms with E-state index >= 15 is 0 Å². The van der Waals surface area contributed by atoms with E-state index in [1.54, 1.807) is 24.3 Å². The fourth-order valence-corrected chi connectivity index (χ4v) is 1.39. The Balaban J connectivity index is 2.65. The third-order valence-corrected chi connectivity index (χ3v) is 2.18. The van der Waals surface area contributed by atoms with Crippen LogP contribution in [0.3, 0.4) is 0 Å². The van der Waals surface area contributed by atoms with Gasteiger partial charge >= 0.3 is 0 Å². The first-order chi connectivity index (χ1) is 7.77. The molecule has 16 heavy (non-hydrogen) atoms. The summed E-state index contributed by atoms with van der Waals surface area (Å²) in [6.45, 7) is 0. The molecule has 1 aromatic carbocycles. The summed E-state index contributed by atoms with van der Waals surface area (Å²) in [6, 6.07) is 10.9. The van der Waals surface area contributed by atoms with Crippen molar-refractivity contribution in [1.82, 2.24) is 9.78 Å². The van der Waals surface area contributed by atoms with Crippen LogP contribution >= 0.6 is 0 Å². The van der Waals surface area contributed by atoms with E-state index in [-0.39, 0.29) is 5.82 Å². The number of nitrogen functional groups attached to an aromatic ring is 1. The second-order valence-electron chi connectivity index (χ2n) is 3.10. The molecular weight excluding hydrogens is 202 g/mol. The molecule has 0 spiro atoms. The van der Waals surface area contributed by atoms with Gasteiger partial charge in [-0.3, -0.25) is 0 Å². The van der Waals surface area contributed by atoms with Gasteiger partial charge in [-0.25, -0.2) is 4.68 Å². The van der Waals surface area contributed by atoms with Gasteiger partial charge in [-0.05, 0) is 12.1 Å². The Morgan fingerprint density at radius 3 is 2.44 bits per heavy atom. The van der Waals surface area contributed by atoms with Gasteiger partial charge in [0, 0.05) is 0 Å². The van der Waals surface area contributed by atoms with Gasteiger partial charge in [0.1, 0.15) is 23.5 Å². The number of nitriles is 2. The summed E-state index contributed by atoms with van der Waals surface area (Å²) in [6.07, 6.45) is 1.38. The molecule has 2 rings (SSSR count). The molecule has 5 heteroatoms. The molecule has 0 bridgehead atoms. The Morgan fingerprint density at radius 2 is 1.81 bits per heavy atom. The first kappa shape index (κ1) is 9.75. The average Bonchev–Trinajstić information content (AvgIpc) is 2.70. The number of benzene rings is 1. The predicted octanol–water partition coefficient (Wildman–Crippen LogP) is 1.20. The van der Waals surface area contributed by atoms with E-state index in [1.165, 1.54) is 10.9 Å². The Bertz CT molecular complexity index is 612. The van der Waals surface area contributed by atoms with Crippen LogP contribution in [0.15, 0.2) is 30.5 Å². The molecule has 0 saturated heterocycles. The standard InChI is InChI=1S/C11H7N5/c12-5-8-3-1-2-4-10(8)16-11(14)9(6-13)7-15-16/h1-4,7H,14H2. The number of rotatable bonds is 1. The minimum atomic E-state index is 0.241. The molecule has 0 amide bonds. The highest BCUT2D eigenvalue weighted by Gasteiger charge is 2.11. The van der Waals surface area contributed by atoms with Crippen LogP contribution < -0.4 is 5.73 Å². The number of para-hydroxylation sites is 1. The van der Waals surface area contributed by atoms with E-state index in [4.69, 9.17) is 16.3 Å². The van der Waals surface area contributed by atoms with Gasteiger partial charge in [0.15, 0.2) is 0 Å². The second kappa shape index (κ2) is 3.76. The minimum Gasteiger partial charge on any atom is -0.382 e. The van der Waals surface area contributed by atoms with Crippen molar-refractivity contribution in [3.8, 4) is 17.8 Å². The largest absolute Gasteiger partial charge is 0.382 e. The zero-order chi connectivity index (χ0) is 11.5. The van der Waals surface area contributed by atoms with Crippen LogP contribution in [0.4, 0.5) is 5.82 Å². The van der Waals surface area contributed by atoms with Gasteiger partial charge in [-0.1, -0.05) is 12.1 Å². The number of hydrogen-bond acceptors (Lipinski definition) is 4. The van der Waals surface area contributed by atoms with E-state index in [2.05, 4.69) is 5.10 Å². The summed E-state index contributed by atoms with van der Waals surface area (Å²) < 4.78 is 1.39. The maximum atomic E-state index is 8.94. The van der Waals surface area contributed by atoms with Gasteiger partial charge < -0.3 is 5.73 Å². The van der Waals surface area contributed by atoms with Crippen molar-refractivity contribution in [2.24, 2.45) is 0 Å². The van der Waals surface area contributed by atoms with Crippen molar-refractivity contribution in [2.75, 3.05) is 5.73 Å². The van der Waals surface area contributed by atoms with E-state index in [1.807, 2.05) is 12.1 Å². The topological polar surface area (TPSA) is 91.4 Å². The molecule has 0 aliphatic heterocycles. The number of anilines is 1. The van der Waals surface area contributed by atoms with Gasteiger partial charge in [0.2, 0.25) is 0 Å². The van der Waals surface area contributed by atoms with Crippen molar-refractivity contribution in [3.05, 3.63) is 41.6 Å². The Hall–Kier alpha value is -2.79. The lowest BCUT2D eigenvalue weighted by molar-refractivity contribution is 0.888. The second-order valence-corrected chi connectivity index (χ2v) is 3.10. The fourth-order valence-electron chi connectivity index (χ4n) is 1.39. The van der Waals surface area contributed by atoms with Crippen molar-refractivity contribution in [1.29, 1.82) is 10.5 Å². The SMILES string of the molecule is N#Cc1ccccc1-n1ncc(C#N)c1N. The Labute approximate surface area is 92.0 Å². The molecule has 0 aliphatic carbocycles. The lowest BCUT2D eigenvalue weighted by Crippen LogP contribution is -2.04. The monoisotopic (exact) mass is 209 g/mol. The highest BCUT2D eigenvalue weighted by atomic mass is 15.3. The summed E-state index contributed by atoms with van der Waals surface area (Å²) in [5.74, 6) is 0.241. The third-order valence-electron chi connectivity index (χ3n) is 2.18. The quantitative estimate of drug-likeness (QED) is 0.763. The summed E-state index contributed by atoms with van der Waals surface area (Å²) in [5.41, 5.74) is 7.07. The van der Waals surface area contributed by atoms with E-state index in [0.717, 1.165) is 0 Å². The molecule has 0 fully saturated rings. The molecule has 1 heterocycles. The molecule has 0 saturated carbocycles. The van der Waals surface area contributed by atoms with E-state index < -0.39 is 0 Å². The first-order valence-corrected chi connectivity index (χ1v) is 4.51. The van der Waals surface area contributed by atoms with Crippen molar-refractivity contribution < 1.29 is 0 Å². The lowest BCUT2D eigenvalue weighted by Gasteiger charge is -2.05. The zero-order valence-corrected chi connectivity index (χ0v) is 8.25. The molecule has 2 N–H and O–H groups in total. The molecule has 1 aromatic heterocycles. The van der Waals surface area contributed by atoms with Gasteiger partial charge in [0.25, 0.3) is 0 Å². The Kier molecular flexibility index (Phi) is 2.29. The van der Waals surface area contributed by atoms with Crippen LogP contribution in [0, 0.1) is 22.7 Å². The van der Waals surface area contributed by atoms with Crippen LogP contribution in [0.25, 0.3) is 5.69 Å². The van der Waals surface area contributed by atoms with Crippen molar-refractivity contribution >= 4 is 5.82 Å². The molecule has 76 valence electrons. The lowest BCUT2D eigenvalue weighted by atomic mass is 10.2. The number of nitrogens with two attached hydrogens (primary N) is 1. The van der Waals surface area contributed by atoms with E-state index in [9.17, 15) is 0 Å². The van der Waals surface area contributed by atoms with Crippen molar-refractivity contribution in [3.63, 3.8) is 0 Å². The van der Waals surface area contributed by atoms with Crippen LogP contribution in [0.2, 0.25) is 0 Å². The molecule has 0 aliphatic rings. The zero-order valence-electron chi connectivity index (χ0n) is 8.25. The maximum Gasteiger partial charge on any atom is 0.145 e. The number of nitrogens with zero attached hydrogens (tertiary/aromatic N) is 4. The summed E-state index contributed by atoms with van der Waals surface area (Å²) in [7, 11) is 0. The number of hydrogen-bond donors (Lipinski definition) is 1. The molecule has 5 nitrogen and oxygen atoms in total. The van der Waals surface area contributed by atoms with E-state index in [0.29, 0.717) is 16.8 Å². The van der Waals surface area contributed by atoms with Gasteiger partial charge in [-0.15, -0.1) is 0 Å². The third kappa shape index (κ3) is 1.37. The highest BCUT2D eigenvalue weighted by molar-refractivity contribution is 5.57. The van der Waals surface area contributed by atoms with Crippen LogP contribution in [-0.2, 0) is 0 Å². The van der Waals surface area contributed by atoms with Crippen molar-refractivity contribution in [2.45, 2.75) is 0 Å². The van der Waals surface area contributed by atoms with Gasteiger partial charge in [-0.2, -0.15) is 15.6 Å². The summed E-state index contributed by atoms with van der Waals surface area (Å²) in [5, 5.41) is 21.7. The average molecular weight is 209 g/mol. The summed E-state index contributed by atoms with van der Waals surface area (Å²) in [4.78, 5) is 0. The Morgan fingerprint density at radius 1 is 1.12 bits per heavy atom. The molecule has 0 radical (unpaired) electrons. The molecule has 2 aromatic rings. The maximum absolute atomic E-state index is 8.94. The van der Waals surface area contributed by atoms with Crippen LogP contribution in [0.1, 0.15) is 11.1 Å². The smallest absolute Gasteiger partial charge is 0.145 e. The van der Waals surface area contributed by atoms with Gasteiger partial charge in [0.05, 0.1) is 17.4 Å².